The summed E-state index contributed by atoms with van der Waals surface area (Å²) in [6.07, 6.45) is 4.69. The highest BCUT2D eigenvalue weighted by Crippen LogP contribution is 2.26. The van der Waals surface area contributed by atoms with Crippen LogP contribution in [0.15, 0.2) is 42.7 Å². The molecule has 1 aliphatic heterocycles. The number of carboxylic acid groups (broad SMARTS) is 1. The molecule has 1 aliphatic rings. The Hall–Kier alpha value is -3.42. The Labute approximate surface area is 194 Å². The van der Waals surface area contributed by atoms with Crippen LogP contribution in [0.5, 0.6) is 0 Å². The second kappa shape index (κ2) is 10.9. The number of aliphatic carboxylic acids is 1. The van der Waals surface area contributed by atoms with Crippen molar-refractivity contribution in [1.82, 2.24) is 14.8 Å². The number of amides is 2. The van der Waals surface area contributed by atoms with E-state index in [2.05, 4.69) is 24.1 Å². The van der Waals surface area contributed by atoms with Crippen LogP contribution in [0.1, 0.15) is 48.2 Å². The quantitative estimate of drug-likeness (QED) is 0.606. The molecule has 33 heavy (non-hydrogen) atoms. The third-order valence-electron chi connectivity index (χ3n) is 5.84. The Bertz CT molecular complexity index is 993. The number of hydrogen-bond donors (Lipinski definition) is 2. The molecule has 0 aliphatic carbocycles. The number of nitrogens with zero attached hydrogens (tertiary/aromatic N) is 3. The van der Waals surface area contributed by atoms with Crippen molar-refractivity contribution in [2.45, 2.75) is 45.7 Å². The van der Waals surface area contributed by atoms with Crippen LogP contribution in [-0.4, -0.2) is 63.9 Å². The predicted molar refractivity (Wildman–Crippen MR) is 126 cm³/mol. The molecule has 0 bridgehead atoms. The van der Waals surface area contributed by atoms with Gasteiger partial charge in [0.1, 0.15) is 6.04 Å². The molecule has 1 aromatic heterocycles. The maximum absolute atomic E-state index is 13.0. The molecular formula is C25H32N4O4. The summed E-state index contributed by atoms with van der Waals surface area (Å²) >= 11 is 0. The SMILES string of the molecule is CC(C)CCN1Cc2ccc(C(=O)N(C)CCc3ccncc3)cc2NC(CC(=O)O)C1=O. The minimum Gasteiger partial charge on any atom is -0.481 e. The summed E-state index contributed by atoms with van der Waals surface area (Å²) in [5, 5.41) is 12.4. The molecule has 8 heteroatoms. The molecule has 0 fully saturated rings. The van der Waals surface area contributed by atoms with Gasteiger partial charge in [-0.3, -0.25) is 19.4 Å². The molecule has 0 spiro atoms. The van der Waals surface area contributed by atoms with E-state index < -0.39 is 12.0 Å². The molecule has 0 radical (unpaired) electrons. The highest BCUT2D eigenvalue weighted by molar-refractivity contribution is 5.96. The fourth-order valence-corrected chi connectivity index (χ4v) is 3.82. The van der Waals surface area contributed by atoms with E-state index >= 15 is 0 Å². The third kappa shape index (κ3) is 6.54. The van der Waals surface area contributed by atoms with Crippen LogP contribution >= 0.6 is 0 Å². The number of benzene rings is 1. The van der Waals surface area contributed by atoms with E-state index in [4.69, 9.17) is 0 Å². The first-order valence-corrected chi connectivity index (χ1v) is 11.3. The van der Waals surface area contributed by atoms with Crippen LogP contribution in [-0.2, 0) is 22.6 Å². The molecule has 1 unspecified atom stereocenters. The standard InChI is InChI=1S/C25H32N4O4/c1-17(2)8-13-29-16-20-5-4-19(14-21(20)27-22(25(29)33)15-23(30)31)24(32)28(3)12-9-18-6-10-26-11-7-18/h4-7,10-11,14,17,22,27H,8-9,12-13,15-16H2,1-3H3,(H,30,31). The summed E-state index contributed by atoms with van der Waals surface area (Å²) in [4.78, 5) is 44.8. The Balaban J connectivity index is 1.78. The van der Waals surface area contributed by atoms with Crippen molar-refractivity contribution in [1.29, 1.82) is 0 Å². The average molecular weight is 453 g/mol. The molecule has 2 N–H and O–H groups in total. The van der Waals surface area contributed by atoms with Crippen LogP contribution in [0.2, 0.25) is 0 Å². The van der Waals surface area contributed by atoms with Gasteiger partial charge >= 0.3 is 5.97 Å². The first-order valence-electron chi connectivity index (χ1n) is 11.3. The second-order valence-corrected chi connectivity index (χ2v) is 8.94. The molecular weight excluding hydrogens is 420 g/mol. The van der Waals surface area contributed by atoms with E-state index in [0.717, 1.165) is 17.5 Å². The fraction of sp³-hybridized carbons (Fsp3) is 0.440. The van der Waals surface area contributed by atoms with Gasteiger partial charge in [-0.25, -0.2) is 0 Å². The van der Waals surface area contributed by atoms with Gasteiger partial charge in [0.05, 0.1) is 6.42 Å². The number of carbonyl (C=O) groups is 3. The van der Waals surface area contributed by atoms with Crippen LogP contribution in [0, 0.1) is 5.92 Å². The topological polar surface area (TPSA) is 103 Å². The first-order chi connectivity index (χ1) is 15.7. The van der Waals surface area contributed by atoms with Crippen molar-refractivity contribution >= 4 is 23.5 Å². The average Bonchev–Trinajstić information content (AvgIpc) is 2.91. The summed E-state index contributed by atoms with van der Waals surface area (Å²) in [6.45, 7) is 5.68. The fourth-order valence-electron chi connectivity index (χ4n) is 3.82. The number of hydrogen-bond acceptors (Lipinski definition) is 5. The Kier molecular flexibility index (Phi) is 8.03. The zero-order chi connectivity index (χ0) is 24.0. The molecule has 2 amide bonds. The normalized spacial score (nSPS) is 15.6. The van der Waals surface area contributed by atoms with Crippen LogP contribution in [0.25, 0.3) is 0 Å². The third-order valence-corrected chi connectivity index (χ3v) is 5.84. The van der Waals surface area contributed by atoms with Crippen molar-refractivity contribution in [3.63, 3.8) is 0 Å². The van der Waals surface area contributed by atoms with Gasteiger partial charge in [-0.05, 0) is 54.2 Å². The van der Waals surface area contributed by atoms with Crippen LogP contribution in [0.4, 0.5) is 5.69 Å². The summed E-state index contributed by atoms with van der Waals surface area (Å²) < 4.78 is 0. The first kappa shape index (κ1) is 24.2. The van der Waals surface area contributed by atoms with Crippen molar-refractivity contribution in [3.05, 3.63) is 59.4 Å². The lowest BCUT2D eigenvalue weighted by Crippen LogP contribution is -2.42. The van der Waals surface area contributed by atoms with Crippen molar-refractivity contribution < 1.29 is 19.5 Å². The Morgan fingerprint density at radius 1 is 1.24 bits per heavy atom. The van der Waals surface area contributed by atoms with E-state index in [0.29, 0.717) is 43.2 Å². The van der Waals surface area contributed by atoms with Gasteiger partial charge in [0, 0.05) is 50.3 Å². The smallest absolute Gasteiger partial charge is 0.305 e. The highest BCUT2D eigenvalue weighted by atomic mass is 16.4. The number of aromatic nitrogens is 1. The van der Waals surface area contributed by atoms with E-state index in [9.17, 15) is 19.5 Å². The summed E-state index contributed by atoms with van der Waals surface area (Å²) in [5.74, 6) is -0.974. The van der Waals surface area contributed by atoms with Gasteiger partial charge in [-0.1, -0.05) is 19.9 Å². The zero-order valence-electron chi connectivity index (χ0n) is 19.5. The lowest BCUT2D eigenvalue weighted by molar-refractivity contribution is -0.141. The number of carboxylic acids is 1. The summed E-state index contributed by atoms with van der Waals surface area (Å²) in [5.41, 5.74) is 3.10. The molecule has 176 valence electrons. The molecule has 8 nitrogen and oxygen atoms in total. The van der Waals surface area contributed by atoms with Gasteiger partial charge in [-0.2, -0.15) is 0 Å². The summed E-state index contributed by atoms with van der Waals surface area (Å²) in [6, 6.07) is 8.34. The van der Waals surface area contributed by atoms with Gasteiger partial charge in [-0.15, -0.1) is 0 Å². The molecule has 0 saturated carbocycles. The van der Waals surface area contributed by atoms with Crippen LogP contribution < -0.4 is 5.32 Å². The van der Waals surface area contributed by atoms with Gasteiger partial charge in [0.25, 0.3) is 5.91 Å². The predicted octanol–water partition coefficient (Wildman–Crippen LogP) is 3.04. The summed E-state index contributed by atoms with van der Waals surface area (Å²) in [7, 11) is 1.76. The highest BCUT2D eigenvalue weighted by Gasteiger charge is 2.31. The maximum Gasteiger partial charge on any atom is 0.305 e. The largest absolute Gasteiger partial charge is 0.481 e. The number of carbonyl (C=O) groups excluding carboxylic acids is 2. The van der Waals surface area contributed by atoms with Crippen LogP contribution in [0.3, 0.4) is 0 Å². The molecule has 2 heterocycles. The van der Waals surface area contributed by atoms with Gasteiger partial charge in [0.2, 0.25) is 5.91 Å². The molecule has 1 aromatic carbocycles. The molecule has 0 saturated heterocycles. The Morgan fingerprint density at radius 3 is 2.64 bits per heavy atom. The second-order valence-electron chi connectivity index (χ2n) is 8.94. The van der Waals surface area contributed by atoms with E-state index in [1.807, 2.05) is 18.2 Å². The number of fused-ring (bicyclic) bond motifs is 1. The number of rotatable bonds is 9. The number of likely N-dealkylation sites (N-methyl/N-ethyl adjacent to an activating group) is 1. The van der Waals surface area contributed by atoms with Crippen molar-refractivity contribution in [2.75, 3.05) is 25.5 Å². The maximum atomic E-state index is 13.0. The van der Waals surface area contributed by atoms with Crippen molar-refractivity contribution in [3.8, 4) is 0 Å². The zero-order valence-corrected chi connectivity index (χ0v) is 19.5. The lowest BCUT2D eigenvalue weighted by Gasteiger charge is -2.24. The molecule has 3 rings (SSSR count). The monoisotopic (exact) mass is 452 g/mol. The lowest BCUT2D eigenvalue weighted by atomic mass is 10.1. The Morgan fingerprint density at radius 2 is 1.97 bits per heavy atom. The number of pyridine rings is 1. The van der Waals surface area contributed by atoms with Gasteiger partial charge < -0.3 is 20.2 Å². The number of nitrogens with one attached hydrogen (secondary N) is 1. The minimum absolute atomic E-state index is 0.129. The van der Waals surface area contributed by atoms with E-state index in [1.54, 1.807) is 41.4 Å². The van der Waals surface area contributed by atoms with Gasteiger partial charge in [0.15, 0.2) is 0 Å². The molecule has 1 atom stereocenters. The minimum atomic E-state index is -1.05. The number of anilines is 1. The van der Waals surface area contributed by atoms with E-state index in [1.165, 1.54) is 0 Å². The van der Waals surface area contributed by atoms with E-state index in [-0.39, 0.29) is 18.2 Å². The molecule has 2 aromatic rings. The van der Waals surface area contributed by atoms with Crippen molar-refractivity contribution in [2.24, 2.45) is 5.92 Å².